The minimum absolute atomic E-state index is 0.0128. The number of aliphatic carboxylic acids is 1. The Morgan fingerprint density at radius 3 is 2.23 bits per heavy atom. The van der Waals surface area contributed by atoms with Gasteiger partial charge in [0.2, 0.25) is 5.91 Å². The molecule has 3 N–H and O–H groups in total. The van der Waals surface area contributed by atoms with Gasteiger partial charge < -0.3 is 15.4 Å². The van der Waals surface area contributed by atoms with Gasteiger partial charge >= 0.3 is 5.97 Å². The fourth-order valence-electron chi connectivity index (χ4n) is 3.23. The molecule has 30 heavy (non-hydrogen) atoms. The maximum Gasteiger partial charge on any atom is 0.326 e. The predicted octanol–water partition coefficient (Wildman–Crippen LogP) is 2.65. The lowest BCUT2D eigenvalue weighted by Gasteiger charge is -2.20. The average Bonchev–Trinajstić information content (AvgIpc) is 3.27. The molecular weight excluding hydrogens is 382 g/mol. The third kappa shape index (κ3) is 5.88. The van der Waals surface area contributed by atoms with Gasteiger partial charge in [-0.05, 0) is 12.0 Å². The molecule has 2 aromatic carbocycles. The van der Waals surface area contributed by atoms with E-state index >= 15 is 0 Å². The van der Waals surface area contributed by atoms with Crippen molar-refractivity contribution in [2.75, 3.05) is 0 Å². The molecule has 1 aromatic heterocycles. The second-order valence-electron chi connectivity index (χ2n) is 7.06. The molecule has 0 saturated carbocycles. The quantitative estimate of drug-likeness (QED) is 0.449. The highest BCUT2D eigenvalue weighted by molar-refractivity contribution is 5.99. The number of aromatic nitrogens is 2. The Morgan fingerprint density at radius 2 is 1.63 bits per heavy atom. The monoisotopic (exact) mass is 405 g/mol. The Labute approximate surface area is 174 Å². The van der Waals surface area contributed by atoms with Gasteiger partial charge in [-0.1, -0.05) is 60.7 Å². The number of H-pyrrole nitrogens is 1. The van der Waals surface area contributed by atoms with Crippen LogP contribution in [0.5, 0.6) is 0 Å². The van der Waals surface area contributed by atoms with E-state index < -0.39 is 23.8 Å². The van der Waals surface area contributed by atoms with Crippen molar-refractivity contribution in [2.45, 2.75) is 25.3 Å². The lowest BCUT2D eigenvalue weighted by atomic mass is 9.91. The van der Waals surface area contributed by atoms with Crippen LogP contribution >= 0.6 is 0 Å². The first-order valence-corrected chi connectivity index (χ1v) is 9.65. The van der Waals surface area contributed by atoms with Crippen LogP contribution in [-0.4, -0.2) is 38.8 Å². The van der Waals surface area contributed by atoms with E-state index in [2.05, 4.69) is 15.3 Å². The zero-order valence-corrected chi connectivity index (χ0v) is 16.3. The number of carbonyl (C=O) groups is 3. The molecule has 7 nitrogen and oxygen atoms in total. The van der Waals surface area contributed by atoms with Crippen LogP contribution in [0.3, 0.4) is 0 Å². The Hall–Kier alpha value is -3.74. The molecule has 3 aromatic rings. The van der Waals surface area contributed by atoms with Crippen molar-refractivity contribution < 1.29 is 19.5 Å². The third-order valence-electron chi connectivity index (χ3n) is 4.82. The third-order valence-corrected chi connectivity index (χ3v) is 4.82. The summed E-state index contributed by atoms with van der Waals surface area (Å²) in [6.45, 7) is 0. The molecule has 0 saturated heterocycles. The van der Waals surface area contributed by atoms with Crippen molar-refractivity contribution >= 4 is 17.7 Å². The van der Waals surface area contributed by atoms with E-state index in [9.17, 15) is 19.5 Å². The van der Waals surface area contributed by atoms with Crippen LogP contribution in [0, 0.1) is 5.92 Å². The van der Waals surface area contributed by atoms with Crippen LogP contribution in [-0.2, 0) is 22.4 Å². The van der Waals surface area contributed by atoms with Gasteiger partial charge in [-0.3, -0.25) is 9.59 Å². The van der Waals surface area contributed by atoms with Crippen molar-refractivity contribution in [2.24, 2.45) is 5.92 Å². The number of imidazole rings is 1. The molecule has 2 atom stereocenters. The molecule has 0 radical (unpaired) electrons. The second kappa shape index (κ2) is 10.2. The van der Waals surface area contributed by atoms with E-state index in [1.807, 2.05) is 36.4 Å². The van der Waals surface area contributed by atoms with E-state index in [1.54, 1.807) is 24.3 Å². The van der Waals surface area contributed by atoms with Crippen LogP contribution < -0.4 is 5.32 Å². The van der Waals surface area contributed by atoms with Gasteiger partial charge in [0, 0.05) is 36.2 Å². The summed E-state index contributed by atoms with van der Waals surface area (Å²) in [4.78, 5) is 44.1. The number of nitrogens with one attached hydrogen (secondary N) is 2. The summed E-state index contributed by atoms with van der Waals surface area (Å²) < 4.78 is 0. The number of benzene rings is 2. The highest BCUT2D eigenvalue weighted by Gasteiger charge is 2.28. The maximum absolute atomic E-state index is 13.0. The molecule has 1 amide bonds. The van der Waals surface area contributed by atoms with Crippen molar-refractivity contribution in [3.8, 4) is 0 Å². The van der Waals surface area contributed by atoms with Gasteiger partial charge in [-0.15, -0.1) is 0 Å². The van der Waals surface area contributed by atoms with Gasteiger partial charge in [0.1, 0.15) is 6.04 Å². The number of Topliss-reactive ketones (excluding diaryl/α,β-unsaturated/α-hetero) is 1. The van der Waals surface area contributed by atoms with Crippen molar-refractivity contribution in [3.05, 3.63) is 90.0 Å². The molecule has 0 fully saturated rings. The van der Waals surface area contributed by atoms with Gasteiger partial charge in [-0.2, -0.15) is 0 Å². The minimum Gasteiger partial charge on any atom is -0.480 e. The van der Waals surface area contributed by atoms with Gasteiger partial charge in [0.15, 0.2) is 5.78 Å². The molecule has 0 aliphatic heterocycles. The number of nitrogens with zero attached hydrogens (tertiary/aromatic N) is 1. The summed E-state index contributed by atoms with van der Waals surface area (Å²) in [6, 6.07) is 17.0. The molecule has 0 aliphatic rings. The van der Waals surface area contributed by atoms with E-state index in [-0.39, 0.29) is 18.6 Å². The minimum atomic E-state index is -1.15. The van der Waals surface area contributed by atoms with E-state index in [0.29, 0.717) is 17.7 Å². The largest absolute Gasteiger partial charge is 0.480 e. The summed E-state index contributed by atoms with van der Waals surface area (Å²) in [6.07, 6.45) is 3.36. The summed E-state index contributed by atoms with van der Waals surface area (Å²) in [5, 5.41) is 12.1. The normalized spacial score (nSPS) is 12.7. The molecule has 7 heteroatoms. The highest BCUT2D eigenvalue weighted by Crippen LogP contribution is 2.17. The number of carboxylic acids is 1. The number of carbonyl (C=O) groups excluding carboxylic acids is 2. The Balaban J connectivity index is 1.76. The van der Waals surface area contributed by atoms with Crippen LogP contribution in [0.15, 0.2) is 73.2 Å². The smallest absolute Gasteiger partial charge is 0.326 e. The molecular formula is C23H23N3O4. The lowest BCUT2D eigenvalue weighted by Crippen LogP contribution is -2.45. The van der Waals surface area contributed by atoms with E-state index in [4.69, 9.17) is 0 Å². The van der Waals surface area contributed by atoms with E-state index in [1.165, 1.54) is 12.5 Å². The zero-order valence-electron chi connectivity index (χ0n) is 16.3. The van der Waals surface area contributed by atoms with Crippen LogP contribution in [0.2, 0.25) is 0 Å². The van der Waals surface area contributed by atoms with Crippen LogP contribution in [0.25, 0.3) is 0 Å². The van der Waals surface area contributed by atoms with Crippen molar-refractivity contribution in [1.29, 1.82) is 0 Å². The second-order valence-corrected chi connectivity index (χ2v) is 7.06. The van der Waals surface area contributed by atoms with Crippen molar-refractivity contribution in [3.63, 3.8) is 0 Å². The Bertz CT molecular complexity index is 972. The summed E-state index contributed by atoms with van der Waals surface area (Å²) in [5.41, 5.74) is 2.03. The topological polar surface area (TPSA) is 112 Å². The number of hydrogen-bond donors (Lipinski definition) is 3. The number of carboxylic acid groups (broad SMARTS) is 1. The zero-order chi connectivity index (χ0) is 21.3. The van der Waals surface area contributed by atoms with Gasteiger partial charge in [0.05, 0.1) is 6.33 Å². The van der Waals surface area contributed by atoms with Crippen LogP contribution in [0.4, 0.5) is 0 Å². The molecule has 0 aliphatic carbocycles. The van der Waals surface area contributed by atoms with Gasteiger partial charge in [0.25, 0.3) is 0 Å². The standard InChI is InChI=1S/C23H23N3O4/c27-21(17-9-5-2-6-10-17)12-18(11-16-7-3-1-4-8-16)22(28)26-20(23(29)30)13-19-14-24-15-25-19/h1-10,14-15,18,20H,11-13H2,(H,24,25)(H,26,28)(H,29,30)/t18?,20-/m0/s1. The summed E-state index contributed by atoms with van der Waals surface area (Å²) in [7, 11) is 0. The first-order valence-electron chi connectivity index (χ1n) is 9.65. The SMILES string of the molecule is O=C(CC(Cc1ccccc1)C(=O)N[C@@H](Cc1cnc[nH]1)C(=O)O)c1ccccc1. The first-order chi connectivity index (χ1) is 14.5. The van der Waals surface area contributed by atoms with Gasteiger partial charge in [-0.25, -0.2) is 9.78 Å². The Morgan fingerprint density at radius 1 is 0.967 bits per heavy atom. The molecule has 3 rings (SSSR count). The molecule has 1 heterocycles. The average molecular weight is 405 g/mol. The highest BCUT2D eigenvalue weighted by atomic mass is 16.4. The lowest BCUT2D eigenvalue weighted by molar-refractivity contribution is -0.142. The summed E-state index contributed by atoms with van der Waals surface area (Å²) in [5.74, 6) is -2.46. The number of aromatic amines is 1. The fraction of sp³-hybridized carbons (Fsp3) is 0.217. The fourth-order valence-corrected chi connectivity index (χ4v) is 3.23. The number of rotatable bonds is 10. The number of ketones is 1. The number of amides is 1. The van der Waals surface area contributed by atoms with E-state index in [0.717, 1.165) is 5.56 Å². The first kappa shape index (κ1) is 21.0. The number of hydrogen-bond acceptors (Lipinski definition) is 4. The summed E-state index contributed by atoms with van der Waals surface area (Å²) >= 11 is 0. The van der Waals surface area contributed by atoms with Crippen molar-refractivity contribution in [1.82, 2.24) is 15.3 Å². The Kier molecular flexibility index (Phi) is 7.10. The molecule has 0 bridgehead atoms. The molecule has 0 spiro atoms. The molecule has 1 unspecified atom stereocenters. The molecule has 154 valence electrons. The maximum atomic E-state index is 13.0. The van der Waals surface area contributed by atoms with Crippen LogP contribution in [0.1, 0.15) is 28.0 Å². The predicted molar refractivity (Wildman–Crippen MR) is 111 cm³/mol.